The maximum atomic E-state index is 12.8. The molecule has 27 heavy (non-hydrogen) atoms. The van der Waals surface area contributed by atoms with Crippen LogP contribution in [0.1, 0.15) is 13.3 Å². The molecular weight excluding hydrogens is 386 g/mol. The minimum absolute atomic E-state index is 0.150. The standard InChI is InChI=1S/C19H20ClN3O3S/c1-4-17(27-19-22-12-7-5-6-8-13(12)23-19)18(24)21-14-9-11(20)15(25-2)10-16(14)26-3/h5-10,17H,4H2,1-3H3,(H,21,24)(H,22,23). The second-order valence-electron chi connectivity index (χ2n) is 5.75. The van der Waals surface area contributed by atoms with Crippen molar-refractivity contribution in [2.45, 2.75) is 23.8 Å². The van der Waals surface area contributed by atoms with Crippen LogP contribution in [-0.2, 0) is 4.79 Å². The maximum Gasteiger partial charge on any atom is 0.238 e. The molecule has 1 aromatic heterocycles. The largest absolute Gasteiger partial charge is 0.495 e. The number of amides is 1. The first-order valence-electron chi connectivity index (χ1n) is 8.39. The summed E-state index contributed by atoms with van der Waals surface area (Å²) in [6.07, 6.45) is 0.639. The van der Waals surface area contributed by atoms with Gasteiger partial charge in [0, 0.05) is 6.07 Å². The number of imidazole rings is 1. The molecule has 0 aliphatic rings. The van der Waals surface area contributed by atoms with Gasteiger partial charge in [0.2, 0.25) is 5.91 Å². The lowest BCUT2D eigenvalue weighted by molar-refractivity contribution is -0.115. The molecule has 1 unspecified atom stereocenters. The van der Waals surface area contributed by atoms with Gasteiger partial charge in [0.1, 0.15) is 11.5 Å². The Hall–Kier alpha value is -2.38. The fraction of sp³-hybridized carbons (Fsp3) is 0.263. The molecule has 1 heterocycles. The van der Waals surface area contributed by atoms with E-state index < -0.39 is 0 Å². The SMILES string of the molecule is CCC(Sc1nc2ccccc2[nH]1)C(=O)Nc1cc(Cl)c(OC)cc1OC. The highest BCUT2D eigenvalue weighted by Crippen LogP contribution is 2.36. The Morgan fingerprint density at radius 3 is 2.67 bits per heavy atom. The van der Waals surface area contributed by atoms with Crippen LogP contribution in [0, 0.1) is 0 Å². The van der Waals surface area contributed by atoms with E-state index in [4.69, 9.17) is 21.1 Å². The van der Waals surface area contributed by atoms with Crippen LogP contribution in [0.3, 0.4) is 0 Å². The van der Waals surface area contributed by atoms with Gasteiger partial charge in [-0.25, -0.2) is 4.98 Å². The molecule has 0 saturated carbocycles. The van der Waals surface area contributed by atoms with E-state index in [9.17, 15) is 4.79 Å². The first-order chi connectivity index (χ1) is 13.0. The van der Waals surface area contributed by atoms with Crippen LogP contribution in [-0.4, -0.2) is 35.3 Å². The second kappa shape index (κ2) is 8.54. The Labute approximate surface area is 166 Å². The van der Waals surface area contributed by atoms with Crippen LogP contribution in [0.2, 0.25) is 5.02 Å². The summed E-state index contributed by atoms with van der Waals surface area (Å²) in [6, 6.07) is 11.0. The highest BCUT2D eigenvalue weighted by atomic mass is 35.5. The smallest absolute Gasteiger partial charge is 0.238 e. The molecule has 1 amide bonds. The third-order valence-corrected chi connectivity index (χ3v) is 5.56. The summed E-state index contributed by atoms with van der Waals surface area (Å²) in [4.78, 5) is 20.6. The zero-order valence-corrected chi connectivity index (χ0v) is 16.8. The molecule has 142 valence electrons. The molecule has 0 spiro atoms. The lowest BCUT2D eigenvalue weighted by atomic mass is 10.2. The predicted octanol–water partition coefficient (Wildman–Crippen LogP) is 4.74. The van der Waals surface area contributed by atoms with E-state index in [0.717, 1.165) is 11.0 Å². The molecular formula is C19H20ClN3O3S. The molecule has 3 rings (SSSR count). The summed E-state index contributed by atoms with van der Waals surface area (Å²) in [5.74, 6) is 0.811. The van der Waals surface area contributed by atoms with Crippen LogP contribution < -0.4 is 14.8 Å². The Kier molecular flexibility index (Phi) is 6.13. The number of thioether (sulfide) groups is 1. The third kappa shape index (κ3) is 4.31. The van der Waals surface area contributed by atoms with Crippen molar-refractivity contribution in [3.63, 3.8) is 0 Å². The molecule has 0 fully saturated rings. The first-order valence-corrected chi connectivity index (χ1v) is 9.65. The lowest BCUT2D eigenvalue weighted by Crippen LogP contribution is -2.25. The van der Waals surface area contributed by atoms with E-state index in [-0.39, 0.29) is 11.2 Å². The summed E-state index contributed by atoms with van der Waals surface area (Å²) in [5.41, 5.74) is 2.31. The number of halogens is 1. The molecule has 6 nitrogen and oxygen atoms in total. The van der Waals surface area contributed by atoms with Crippen molar-refractivity contribution in [3.05, 3.63) is 41.4 Å². The highest BCUT2D eigenvalue weighted by Gasteiger charge is 2.22. The number of hydrogen-bond acceptors (Lipinski definition) is 5. The number of methoxy groups -OCH3 is 2. The Morgan fingerprint density at radius 1 is 1.26 bits per heavy atom. The summed E-state index contributed by atoms with van der Waals surface area (Å²) in [5, 5.41) is 3.67. The molecule has 0 saturated heterocycles. The fourth-order valence-corrected chi connectivity index (χ4v) is 3.78. The van der Waals surface area contributed by atoms with E-state index >= 15 is 0 Å². The number of benzene rings is 2. The number of carbonyl (C=O) groups excluding carboxylic acids is 1. The molecule has 3 aromatic rings. The van der Waals surface area contributed by atoms with Crippen LogP contribution in [0.4, 0.5) is 5.69 Å². The van der Waals surface area contributed by atoms with Crippen molar-refractivity contribution < 1.29 is 14.3 Å². The van der Waals surface area contributed by atoms with Gasteiger partial charge < -0.3 is 19.8 Å². The van der Waals surface area contributed by atoms with Gasteiger partial charge in [-0.05, 0) is 24.6 Å². The minimum atomic E-state index is -0.323. The number of anilines is 1. The van der Waals surface area contributed by atoms with E-state index in [0.29, 0.717) is 33.8 Å². The molecule has 0 aliphatic carbocycles. The van der Waals surface area contributed by atoms with Crippen LogP contribution in [0.5, 0.6) is 11.5 Å². The number of hydrogen-bond donors (Lipinski definition) is 2. The van der Waals surface area contributed by atoms with Gasteiger partial charge in [-0.2, -0.15) is 0 Å². The van der Waals surface area contributed by atoms with Crippen molar-refractivity contribution in [2.75, 3.05) is 19.5 Å². The molecule has 0 aliphatic heterocycles. The summed E-state index contributed by atoms with van der Waals surface area (Å²) < 4.78 is 10.5. The molecule has 8 heteroatoms. The third-order valence-electron chi connectivity index (χ3n) is 4.02. The van der Waals surface area contributed by atoms with Crippen molar-refractivity contribution in [1.29, 1.82) is 0 Å². The van der Waals surface area contributed by atoms with Crippen LogP contribution in [0.25, 0.3) is 11.0 Å². The molecule has 2 N–H and O–H groups in total. The number of ether oxygens (including phenoxy) is 2. The van der Waals surface area contributed by atoms with E-state index in [1.54, 1.807) is 12.1 Å². The number of nitrogens with one attached hydrogen (secondary N) is 2. The molecule has 1 atom stereocenters. The number of carbonyl (C=O) groups is 1. The first kappa shape index (κ1) is 19.4. The normalized spacial score (nSPS) is 12.0. The molecule has 0 radical (unpaired) electrons. The number of para-hydroxylation sites is 2. The number of fused-ring (bicyclic) bond motifs is 1. The topological polar surface area (TPSA) is 76.2 Å². The zero-order chi connectivity index (χ0) is 19.4. The highest BCUT2D eigenvalue weighted by molar-refractivity contribution is 8.00. The number of nitrogens with zero attached hydrogens (tertiary/aromatic N) is 1. The second-order valence-corrected chi connectivity index (χ2v) is 7.35. The monoisotopic (exact) mass is 405 g/mol. The van der Waals surface area contributed by atoms with Gasteiger partial charge in [0.05, 0.1) is 41.2 Å². The van der Waals surface area contributed by atoms with E-state index in [1.165, 1.54) is 26.0 Å². The van der Waals surface area contributed by atoms with Crippen molar-refractivity contribution >= 4 is 46.0 Å². The van der Waals surface area contributed by atoms with Gasteiger partial charge in [-0.15, -0.1) is 0 Å². The molecule has 0 bridgehead atoms. The number of aromatic amines is 1. The maximum absolute atomic E-state index is 12.8. The van der Waals surface area contributed by atoms with Crippen LogP contribution in [0.15, 0.2) is 41.6 Å². The summed E-state index contributed by atoms with van der Waals surface area (Å²) in [7, 11) is 3.05. The number of aromatic nitrogens is 2. The number of H-pyrrole nitrogens is 1. The van der Waals surface area contributed by atoms with Gasteiger partial charge in [-0.3, -0.25) is 4.79 Å². The fourth-order valence-electron chi connectivity index (χ4n) is 2.61. The van der Waals surface area contributed by atoms with Crippen LogP contribution >= 0.6 is 23.4 Å². The van der Waals surface area contributed by atoms with Crippen molar-refractivity contribution in [1.82, 2.24) is 9.97 Å². The van der Waals surface area contributed by atoms with Gasteiger partial charge >= 0.3 is 0 Å². The predicted molar refractivity (Wildman–Crippen MR) is 109 cm³/mol. The summed E-state index contributed by atoms with van der Waals surface area (Å²) in [6.45, 7) is 1.96. The van der Waals surface area contributed by atoms with E-state index in [1.807, 2.05) is 31.2 Å². The van der Waals surface area contributed by atoms with E-state index in [2.05, 4.69) is 15.3 Å². The average molecular weight is 406 g/mol. The van der Waals surface area contributed by atoms with Gasteiger partial charge in [0.25, 0.3) is 0 Å². The number of rotatable bonds is 7. The quantitative estimate of drug-likeness (QED) is 0.555. The lowest BCUT2D eigenvalue weighted by Gasteiger charge is -2.16. The Balaban J connectivity index is 1.78. The van der Waals surface area contributed by atoms with Crippen molar-refractivity contribution in [3.8, 4) is 11.5 Å². The van der Waals surface area contributed by atoms with Gasteiger partial charge in [0.15, 0.2) is 5.16 Å². The minimum Gasteiger partial charge on any atom is -0.495 e. The summed E-state index contributed by atoms with van der Waals surface area (Å²) >= 11 is 7.57. The van der Waals surface area contributed by atoms with Gasteiger partial charge in [-0.1, -0.05) is 42.4 Å². The zero-order valence-electron chi connectivity index (χ0n) is 15.2. The average Bonchev–Trinajstić information content (AvgIpc) is 3.08. The Morgan fingerprint density at radius 2 is 2.00 bits per heavy atom. The van der Waals surface area contributed by atoms with Crippen molar-refractivity contribution in [2.24, 2.45) is 0 Å². The molecule has 2 aromatic carbocycles. The Bertz CT molecular complexity index is 928.